The minimum Gasteiger partial charge on any atom is -0.383 e. The molecule has 0 saturated carbocycles. The number of benzene rings is 1. The third kappa shape index (κ3) is 5.91. The third-order valence-electron chi connectivity index (χ3n) is 2.66. The molecule has 0 heterocycles. The van der Waals surface area contributed by atoms with Crippen LogP contribution >= 0.6 is 15.9 Å². The van der Waals surface area contributed by atoms with Gasteiger partial charge in [0.1, 0.15) is 5.82 Å². The predicted octanol–water partition coefficient (Wildman–Crippen LogP) is 2.26. The quantitative estimate of drug-likeness (QED) is 0.744. The average Bonchev–Trinajstić information content (AvgIpc) is 2.36. The molecule has 1 N–H and O–H groups in total. The van der Waals surface area contributed by atoms with Crippen molar-refractivity contribution >= 4 is 15.9 Å². The first-order chi connectivity index (χ1) is 8.63. The lowest BCUT2D eigenvalue weighted by Gasteiger charge is -2.16. The molecule has 0 amide bonds. The molecule has 0 bridgehead atoms. The lowest BCUT2D eigenvalue weighted by atomic mass is 10.2. The molecule has 0 radical (unpaired) electrons. The molecule has 0 fully saturated rings. The normalized spacial score (nSPS) is 11.2. The van der Waals surface area contributed by atoms with Crippen molar-refractivity contribution in [1.29, 1.82) is 0 Å². The summed E-state index contributed by atoms with van der Waals surface area (Å²) in [5.41, 5.74) is 1.07. The Balaban J connectivity index is 2.19. The van der Waals surface area contributed by atoms with Gasteiger partial charge in [0.15, 0.2) is 0 Å². The highest BCUT2D eigenvalue weighted by Crippen LogP contribution is 2.16. The van der Waals surface area contributed by atoms with Crippen LogP contribution in [0.4, 0.5) is 4.39 Å². The number of likely N-dealkylation sites (N-methyl/N-ethyl adjacent to an activating group) is 1. The number of halogens is 2. The van der Waals surface area contributed by atoms with Crippen LogP contribution in [0.2, 0.25) is 0 Å². The topological polar surface area (TPSA) is 24.5 Å². The zero-order chi connectivity index (χ0) is 13.4. The number of nitrogens with zero attached hydrogens (tertiary/aromatic N) is 1. The minimum absolute atomic E-state index is 0.224. The zero-order valence-corrected chi connectivity index (χ0v) is 12.5. The van der Waals surface area contributed by atoms with Gasteiger partial charge in [-0.05, 0) is 40.7 Å². The van der Waals surface area contributed by atoms with Gasteiger partial charge in [-0.25, -0.2) is 4.39 Å². The summed E-state index contributed by atoms with van der Waals surface area (Å²) >= 11 is 3.18. The monoisotopic (exact) mass is 318 g/mol. The fraction of sp³-hybridized carbons (Fsp3) is 0.538. The second-order valence-corrected chi connectivity index (χ2v) is 5.08. The first-order valence-corrected chi connectivity index (χ1v) is 6.75. The summed E-state index contributed by atoms with van der Waals surface area (Å²) in [5, 5.41) is 3.33. The van der Waals surface area contributed by atoms with E-state index in [1.807, 2.05) is 0 Å². The predicted molar refractivity (Wildman–Crippen MR) is 75.2 cm³/mol. The molecule has 0 saturated heterocycles. The highest BCUT2D eigenvalue weighted by Gasteiger charge is 2.01. The molecule has 3 nitrogen and oxygen atoms in total. The van der Waals surface area contributed by atoms with Gasteiger partial charge in [-0.3, -0.25) is 0 Å². The highest BCUT2D eigenvalue weighted by molar-refractivity contribution is 9.10. The van der Waals surface area contributed by atoms with E-state index in [1.54, 1.807) is 19.2 Å². The molecule has 0 aliphatic heterocycles. The molecule has 1 aromatic rings. The van der Waals surface area contributed by atoms with Gasteiger partial charge in [-0.2, -0.15) is 0 Å². The van der Waals surface area contributed by atoms with Gasteiger partial charge >= 0.3 is 0 Å². The van der Waals surface area contributed by atoms with Crippen molar-refractivity contribution in [3.8, 4) is 0 Å². The van der Waals surface area contributed by atoms with Crippen LogP contribution in [0, 0.1) is 5.82 Å². The van der Waals surface area contributed by atoms with Crippen molar-refractivity contribution in [3.63, 3.8) is 0 Å². The number of ether oxygens (including phenoxy) is 1. The van der Waals surface area contributed by atoms with Crippen LogP contribution in [0.3, 0.4) is 0 Å². The summed E-state index contributed by atoms with van der Waals surface area (Å²) in [6.07, 6.45) is 0. The maximum absolute atomic E-state index is 13.0. The summed E-state index contributed by atoms with van der Waals surface area (Å²) < 4.78 is 18.5. The summed E-state index contributed by atoms with van der Waals surface area (Å²) in [4.78, 5) is 2.21. The van der Waals surface area contributed by atoms with Crippen LogP contribution in [0.15, 0.2) is 22.7 Å². The van der Waals surface area contributed by atoms with E-state index in [0.717, 1.165) is 38.3 Å². The number of hydrogen-bond donors (Lipinski definition) is 1. The standard InChI is InChI=1S/C13H20BrFN2O/c1-17(7-8-18-2)6-5-16-10-11-3-4-13(15)12(14)9-11/h3-4,9,16H,5-8,10H2,1-2H3. The maximum atomic E-state index is 13.0. The highest BCUT2D eigenvalue weighted by atomic mass is 79.9. The summed E-state index contributed by atoms with van der Waals surface area (Å²) in [6, 6.07) is 5.07. The van der Waals surface area contributed by atoms with Crippen molar-refractivity contribution in [3.05, 3.63) is 34.1 Å². The molecular weight excluding hydrogens is 299 g/mol. The van der Waals surface area contributed by atoms with Crippen LogP contribution in [-0.4, -0.2) is 45.3 Å². The van der Waals surface area contributed by atoms with Crippen molar-refractivity contribution in [2.45, 2.75) is 6.54 Å². The van der Waals surface area contributed by atoms with Crippen molar-refractivity contribution in [1.82, 2.24) is 10.2 Å². The second kappa shape index (κ2) is 8.58. The molecule has 102 valence electrons. The summed E-state index contributed by atoms with van der Waals surface area (Å²) in [6.45, 7) is 4.29. The largest absolute Gasteiger partial charge is 0.383 e. The van der Waals surface area contributed by atoms with Crippen LogP contribution in [0.1, 0.15) is 5.56 Å². The first-order valence-electron chi connectivity index (χ1n) is 5.95. The Morgan fingerprint density at radius 1 is 1.39 bits per heavy atom. The number of rotatable bonds is 8. The molecule has 0 unspecified atom stereocenters. The maximum Gasteiger partial charge on any atom is 0.137 e. The van der Waals surface area contributed by atoms with E-state index in [2.05, 4.69) is 33.2 Å². The van der Waals surface area contributed by atoms with Gasteiger partial charge in [0.05, 0.1) is 11.1 Å². The minimum atomic E-state index is -0.224. The molecule has 18 heavy (non-hydrogen) atoms. The smallest absolute Gasteiger partial charge is 0.137 e. The van der Waals surface area contributed by atoms with E-state index in [1.165, 1.54) is 6.07 Å². The Morgan fingerprint density at radius 3 is 2.83 bits per heavy atom. The van der Waals surface area contributed by atoms with Gasteiger partial charge in [0.25, 0.3) is 0 Å². The van der Waals surface area contributed by atoms with Crippen LogP contribution < -0.4 is 5.32 Å². The summed E-state index contributed by atoms with van der Waals surface area (Å²) in [7, 11) is 3.77. The van der Waals surface area contributed by atoms with Gasteiger partial charge in [0.2, 0.25) is 0 Å². The molecular formula is C13H20BrFN2O. The Morgan fingerprint density at radius 2 is 2.17 bits per heavy atom. The molecule has 0 aliphatic rings. The van der Waals surface area contributed by atoms with Crippen LogP contribution in [0.5, 0.6) is 0 Å². The molecule has 0 atom stereocenters. The molecule has 1 aromatic carbocycles. The average molecular weight is 319 g/mol. The van der Waals surface area contributed by atoms with Gasteiger partial charge in [0, 0.05) is 33.3 Å². The summed E-state index contributed by atoms with van der Waals surface area (Å²) in [5.74, 6) is -0.224. The molecule has 0 spiro atoms. The third-order valence-corrected chi connectivity index (χ3v) is 3.27. The first kappa shape index (κ1) is 15.6. The lowest BCUT2D eigenvalue weighted by Crippen LogP contribution is -2.31. The number of methoxy groups -OCH3 is 1. The SMILES string of the molecule is COCCN(C)CCNCc1ccc(F)c(Br)c1. The van der Waals surface area contributed by atoms with E-state index in [9.17, 15) is 4.39 Å². The van der Waals surface area contributed by atoms with E-state index in [0.29, 0.717) is 4.47 Å². The van der Waals surface area contributed by atoms with Crippen molar-refractivity contribution in [2.24, 2.45) is 0 Å². The van der Waals surface area contributed by atoms with E-state index in [-0.39, 0.29) is 5.82 Å². The zero-order valence-electron chi connectivity index (χ0n) is 10.9. The Kier molecular flexibility index (Phi) is 7.42. The number of hydrogen-bond acceptors (Lipinski definition) is 3. The molecule has 0 aromatic heterocycles. The van der Waals surface area contributed by atoms with E-state index >= 15 is 0 Å². The second-order valence-electron chi connectivity index (χ2n) is 4.22. The van der Waals surface area contributed by atoms with Crippen LogP contribution in [0.25, 0.3) is 0 Å². The Bertz CT molecular complexity index is 363. The fourth-order valence-electron chi connectivity index (χ4n) is 1.51. The van der Waals surface area contributed by atoms with Crippen LogP contribution in [-0.2, 0) is 11.3 Å². The molecule has 5 heteroatoms. The molecule has 0 aliphatic carbocycles. The Labute approximate surface area is 116 Å². The van der Waals surface area contributed by atoms with E-state index in [4.69, 9.17) is 4.74 Å². The van der Waals surface area contributed by atoms with E-state index < -0.39 is 0 Å². The van der Waals surface area contributed by atoms with Gasteiger partial charge in [-0.15, -0.1) is 0 Å². The number of nitrogens with one attached hydrogen (secondary N) is 1. The molecule has 1 rings (SSSR count). The fourth-order valence-corrected chi connectivity index (χ4v) is 1.94. The van der Waals surface area contributed by atoms with Gasteiger partial charge in [-0.1, -0.05) is 6.07 Å². The van der Waals surface area contributed by atoms with Crippen molar-refractivity contribution < 1.29 is 9.13 Å². The Hall–Kier alpha value is -0.490. The lowest BCUT2D eigenvalue weighted by molar-refractivity contribution is 0.161. The van der Waals surface area contributed by atoms with Gasteiger partial charge < -0.3 is 15.0 Å². The van der Waals surface area contributed by atoms with Crippen molar-refractivity contribution in [2.75, 3.05) is 40.4 Å².